The van der Waals surface area contributed by atoms with Gasteiger partial charge in [0.15, 0.2) is 0 Å². The third kappa shape index (κ3) is 3.73. The lowest BCUT2D eigenvalue weighted by Gasteiger charge is -2.08. The SMILES string of the molecule is CCCn1cc(C(=O)N[C@@H](C)c2nc(-c3ccncc3)no2)c(C)n1. The lowest BCUT2D eigenvalue weighted by atomic mass is 10.2. The van der Waals surface area contributed by atoms with Crippen molar-refractivity contribution in [2.24, 2.45) is 0 Å². The van der Waals surface area contributed by atoms with Crippen molar-refractivity contribution in [1.82, 2.24) is 30.2 Å². The van der Waals surface area contributed by atoms with Crippen LogP contribution in [0.3, 0.4) is 0 Å². The highest BCUT2D eigenvalue weighted by atomic mass is 16.5. The van der Waals surface area contributed by atoms with Gasteiger partial charge in [-0.15, -0.1) is 0 Å². The Balaban J connectivity index is 1.71. The Morgan fingerprint density at radius 1 is 1.36 bits per heavy atom. The maximum atomic E-state index is 12.5. The molecule has 0 aromatic carbocycles. The number of nitrogens with zero attached hydrogens (tertiary/aromatic N) is 5. The molecule has 0 fully saturated rings. The summed E-state index contributed by atoms with van der Waals surface area (Å²) in [5, 5.41) is 11.2. The van der Waals surface area contributed by atoms with E-state index >= 15 is 0 Å². The number of nitrogens with one attached hydrogen (secondary N) is 1. The first kappa shape index (κ1) is 16.8. The van der Waals surface area contributed by atoms with Gasteiger partial charge in [-0.1, -0.05) is 12.1 Å². The molecule has 0 saturated carbocycles. The van der Waals surface area contributed by atoms with Crippen molar-refractivity contribution in [3.63, 3.8) is 0 Å². The van der Waals surface area contributed by atoms with Crippen LogP contribution in [0.4, 0.5) is 0 Å². The summed E-state index contributed by atoms with van der Waals surface area (Å²) in [5.74, 6) is 0.597. The summed E-state index contributed by atoms with van der Waals surface area (Å²) >= 11 is 0. The Kier molecular flexibility index (Phi) is 4.87. The first-order valence-corrected chi connectivity index (χ1v) is 8.17. The van der Waals surface area contributed by atoms with Gasteiger partial charge in [0, 0.05) is 30.7 Å². The van der Waals surface area contributed by atoms with Gasteiger partial charge in [-0.2, -0.15) is 10.1 Å². The third-order valence-electron chi connectivity index (χ3n) is 3.74. The van der Waals surface area contributed by atoms with Crippen LogP contribution in [0.1, 0.15) is 48.3 Å². The first-order valence-electron chi connectivity index (χ1n) is 8.17. The molecule has 0 unspecified atom stereocenters. The lowest BCUT2D eigenvalue weighted by Crippen LogP contribution is -2.27. The highest BCUT2D eigenvalue weighted by Gasteiger charge is 2.20. The third-order valence-corrected chi connectivity index (χ3v) is 3.74. The predicted molar refractivity (Wildman–Crippen MR) is 90.7 cm³/mol. The van der Waals surface area contributed by atoms with Crippen molar-refractivity contribution in [3.05, 3.63) is 47.9 Å². The second-order valence-electron chi connectivity index (χ2n) is 5.78. The van der Waals surface area contributed by atoms with E-state index in [1.807, 2.05) is 6.92 Å². The second kappa shape index (κ2) is 7.25. The molecule has 0 radical (unpaired) electrons. The van der Waals surface area contributed by atoms with Gasteiger partial charge in [-0.05, 0) is 32.4 Å². The van der Waals surface area contributed by atoms with Crippen LogP contribution in [-0.4, -0.2) is 30.8 Å². The Bertz CT molecular complexity index is 855. The number of rotatable bonds is 6. The van der Waals surface area contributed by atoms with E-state index in [0.717, 1.165) is 18.5 Å². The van der Waals surface area contributed by atoms with Crippen LogP contribution in [0.25, 0.3) is 11.4 Å². The number of hydrogen-bond donors (Lipinski definition) is 1. The van der Waals surface area contributed by atoms with Gasteiger partial charge >= 0.3 is 0 Å². The Morgan fingerprint density at radius 2 is 2.12 bits per heavy atom. The second-order valence-corrected chi connectivity index (χ2v) is 5.78. The average Bonchev–Trinajstić information content (AvgIpc) is 3.23. The van der Waals surface area contributed by atoms with E-state index in [4.69, 9.17) is 4.52 Å². The molecule has 0 spiro atoms. The molecule has 1 N–H and O–H groups in total. The van der Waals surface area contributed by atoms with Crippen molar-refractivity contribution in [3.8, 4) is 11.4 Å². The molecule has 8 heteroatoms. The van der Waals surface area contributed by atoms with Gasteiger partial charge in [0.05, 0.1) is 11.3 Å². The van der Waals surface area contributed by atoms with Crippen molar-refractivity contribution in [2.45, 2.75) is 39.8 Å². The maximum absolute atomic E-state index is 12.5. The van der Waals surface area contributed by atoms with E-state index in [-0.39, 0.29) is 5.91 Å². The number of aromatic nitrogens is 5. The number of carbonyl (C=O) groups excluding carboxylic acids is 1. The molecule has 0 aliphatic carbocycles. The summed E-state index contributed by atoms with van der Waals surface area (Å²) in [6, 6.07) is 3.18. The summed E-state index contributed by atoms with van der Waals surface area (Å²) in [5.41, 5.74) is 2.05. The smallest absolute Gasteiger partial charge is 0.255 e. The number of carbonyl (C=O) groups is 1. The van der Waals surface area contributed by atoms with Crippen LogP contribution in [0, 0.1) is 6.92 Å². The molecule has 3 aromatic heterocycles. The fraction of sp³-hybridized carbons (Fsp3) is 0.353. The minimum Gasteiger partial charge on any atom is -0.340 e. The van der Waals surface area contributed by atoms with Crippen LogP contribution >= 0.6 is 0 Å². The summed E-state index contributed by atoms with van der Waals surface area (Å²) in [4.78, 5) is 20.8. The molecule has 8 nitrogen and oxygen atoms in total. The van der Waals surface area contributed by atoms with Gasteiger partial charge in [0.2, 0.25) is 11.7 Å². The number of hydrogen-bond acceptors (Lipinski definition) is 6. The number of amides is 1. The average molecular weight is 340 g/mol. The fourth-order valence-corrected chi connectivity index (χ4v) is 2.45. The van der Waals surface area contributed by atoms with E-state index in [9.17, 15) is 4.79 Å². The predicted octanol–water partition coefficient (Wildman–Crippen LogP) is 2.54. The molecule has 0 aliphatic heterocycles. The molecule has 0 bridgehead atoms. The molecule has 1 amide bonds. The molecular weight excluding hydrogens is 320 g/mol. The summed E-state index contributed by atoms with van der Waals surface area (Å²) < 4.78 is 7.06. The largest absolute Gasteiger partial charge is 0.340 e. The molecule has 3 aromatic rings. The van der Waals surface area contributed by atoms with E-state index < -0.39 is 6.04 Å². The monoisotopic (exact) mass is 340 g/mol. The van der Waals surface area contributed by atoms with E-state index in [1.165, 1.54) is 0 Å². The maximum Gasteiger partial charge on any atom is 0.255 e. The van der Waals surface area contributed by atoms with Crippen molar-refractivity contribution in [2.75, 3.05) is 0 Å². The van der Waals surface area contributed by atoms with Gasteiger partial charge < -0.3 is 9.84 Å². The van der Waals surface area contributed by atoms with Crippen LogP contribution in [-0.2, 0) is 6.54 Å². The minimum absolute atomic E-state index is 0.212. The summed E-state index contributed by atoms with van der Waals surface area (Å²) in [7, 11) is 0. The molecule has 0 aliphatic rings. The Hall–Kier alpha value is -3.03. The van der Waals surface area contributed by atoms with Crippen LogP contribution in [0.15, 0.2) is 35.2 Å². The minimum atomic E-state index is -0.412. The quantitative estimate of drug-likeness (QED) is 0.740. The number of aryl methyl sites for hydroxylation is 2. The number of pyridine rings is 1. The van der Waals surface area contributed by atoms with E-state index in [1.54, 1.807) is 42.3 Å². The van der Waals surface area contributed by atoms with Crippen molar-refractivity contribution >= 4 is 5.91 Å². The molecule has 1 atom stereocenters. The van der Waals surface area contributed by atoms with Crippen LogP contribution in [0.2, 0.25) is 0 Å². The highest BCUT2D eigenvalue weighted by Crippen LogP contribution is 2.18. The van der Waals surface area contributed by atoms with Crippen molar-refractivity contribution < 1.29 is 9.32 Å². The Labute approximate surface area is 145 Å². The van der Waals surface area contributed by atoms with Crippen LogP contribution in [0.5, 0.6) is 0 Å². The lowest BCUT2D eigenvalue weighted by molar-refractivity contribution is 0.0932. The van der Waals surface area contributed by atoms with Crippen molar-refractivity contribution in [1.29, 1.82) is 0 Å². The van der Waals surface area contributed by atoms with Gasteiger partial charge in [0.1, 0.15) is 6.04 Å². The molecule has 3 heterocycles. The summed E-state index contributed by atoms with van der Waals surface area (Å²) in [6.07, 6.45) is 6.04. The topological polar surface area (TPSA) is 98.7 Å². The Morgan fingerprint density at radius 3 is 2.84 bits per heavy atom. The molecular formula is C17H20N6O2. The standard InChI is InChI=1S/C17H20N6O2/c1-4-9-23-10-14(11(2)21-23)16(24)19-12(3)17-20-15(22-25-17)13-5-7-18-8-6-13/h5-8,10,12H,4,9H2,1-3H3,(H,19,24)/t12-/m0/s1. The normalized spacial score (nSPS) is 12.1. The van der Waals surface area contributed by atoms with E-state index in [0.29, 0.717) is 23.0 Å². The zero-order valence-electron chi connectivity index (χ0n) is 14.4. The first-order chi connectivity index (χ1) is 12.1. The molecule has 130 valence electrons. The molecule has 0 saturated heterocycles. The fourth-order valence-electron chi connectivity index (χ4n) is 2.45. The molecule has 25 heavy (non-hydrogen) atoms. The van der Waals surface area contributed by atoms with Gasteiger partial charge in [-0.3, -0.25) is 14.5 Å². The van der Waals surface area contributed by atoms with Gasteiger partial charge in [0.25, 0.3) is 5.91 Å². The zero-order chi connectivity index (χ0) is 17.8. The molecule has 3 rings (SSSR count). The highest BCUT2D eigenvalue weighted by molar-refractivity contribution is 5.95. The summed E-state index contributed by atoms with van der Waals surface area (Å²) in [6.45, 7) is 6.46. The van der Waals surface area contributed by atoms with Crippen LogP contribution < -0.4 is 5.32 Å². The zero-order valence-corrected chi connectivity index (χ0v) is 14.4. The van der Waals surface area contributed by atoms with E-state index in [2.05, 4.69) is 32.5 Å². The van der Waals surface area contributed by atoms with Gasteiger partial charge in [-0.25, -0.2) is 0 Å².